The first-order valence-corrected chi connectivity index (χ1v) is 7.63. The average Bonchev–Trinajstić information content (AvgIpc) is 3.10. The molecule has 0 spiro atoms. The zero-order valence-corrected chi connectivity index (χ0v) is 13.1. The fraction of sp³-hybridized carbons (Fsp3) is 0.533. The van der Waals surface area contributed by atoms with Gasteiger partial charge in [0.1, 0.15) is 18.2 Å². The van der Waals surface area contributed by atoms with E-state index in [4.69, 9.17) is 0 Å². The van der Waals surface area contributed by atoms with Gasteiger partial charge >= 0.3 is 0 Å². The van der Waals surface area contributed by atoms with Crippen LogP contribution in [0.3, 0.4) is 0 Å². The van der Waals surface area contributed by atoms with Crippen molar-refractivity contribution >= 4 is 11.7 Å². The summed E-state index contributed by atoms with van der Waals surface area (Å²) < 4.78 is 3.78. The monoisotopic (exact) mass is 302 g/mol. The van der Waals surface area contributed by atoms with Crippen LogP contribution in [0.4, 0.5) is 5.82 Å². The smallest absolute Gasteiger partial charge is 0.245 e. The van der Waals surface area contributed by atoms with Crippen LogP contribution in [0.5, 0.6) is 0 Å². The predicted molar refractivity (Wildman–Crippen MR) is 83.6 cm³/mol. The molecule has 0 saturated carbocycles. The minimum absolute atomic E-state index is 0.0595. The fourth-order valence-electron chi connectivity index (χ4n) is 2.85. The molecule has 0 unspecified atom stereocenters. The summed E-state index contributed by atoms with van der Waals surface area (Å²) in [6, 6.07) is 2.22. The Morgan fingerprint density at radius 1 is 1.36 bits per heavy atom. The van der Waals surface area contributed by atoms with Crippen molar-refractivity contribution in [1.29, 1.82) is 0 Å². The molecule has 1 fully saturated rings. The van der Waals surface area contributed by atoms with Crippen molar-refractivity contribution in [1.82, 2.24) is 24.2 Å². The first-order chi connectivity index (χ1) is 10.6. The Kier molecular flexibility index (Phi) is 4.24. The molecule has 0 atom stereocenters. The number of hydrogen-bond donors (Lipinski definition) is 1. The zero-order chi connectivity index (χ0) is 15.5. The van der Waals surface area contributed by atoms with E-state index in [9.17, 15) is 4.79 Å². The van der Waals surface area contributed by atoms with E-state index in [1.807, 2.05) is 28.4 Å². The van der Waals surface area contributed by atoms with Crippen molar-refractivity contribution in [3.63, 3.8) is 0 Å². The number of carbonyl (C=O) groups is 1. The highest BCUT2D eigenvalue weighted by molar-refractivity contribution is 5.89. The molecule has 0 bridgehead atoms. The SMILES string of the molecule is Cc1nccn1CC(=O)Nc1ccnn1C1CCN(C)CC1. The lowest BCUT2D eigenvalue weighted by Crippen LogP contribution is -2.32. The Balaban J connectivity index is 1.65. The molecule has 1 saturated heterocycles. The van der Waals surface area contributed by atoms with Gasteiger partial charge in [-0.2, -0.15) is 5.10 Å². The second kappa shape index (κ2) is 6.31. The Hall–Kier alpha value is -2.15. The van der Waals surface area contributed by atoms with Gasteiger partial charge in [-0.1, -0.05) is 0 Å². The number of amides is 1. The first kappa shape index (κ1) is 14.8. The fourth-order valence-corrected chi connectivity index (χ4v) is 2.85. The molecule has 1 amide bonds. The van der Waals surface area contributed by atoms with Crippen LogP contribution in [0.15, 0.2) is 24.7 Å². The summed E-state index contributed by atoms with van der Waals surface area (Å²) in [5.41, 5.74) is 0. The number of nitrogens with zero attached hydrogens (tertiary/aromatic N) is 5. The molecule has 2 aromatic heterocycles. The van der Waals surface area contributed by atoms with Crippen molar-refractivity contribution < 1.29 is 4.79 Å². The lowest BCUT2D eigenvalue weighted by atomic mass is 10.1. The normalized spacial score (nSPS) is 16.8. The minimum Gasteiger partial charge on any atom is -0.326 e. The molecule has 3 rings (SSSR count). The highest BCUT2D eigenvalue weighted by Gasteiger charge is 2.21. The number of nitrogens with one attached hydrogen (secondary N) is 1. The maximum absolute atomic E-state index is 12.2. The third kappa shape index (κ3) is 3.19. The average molecular weight is 302 g/mol. The maximum Gasteiger partial charge on any atom is 0.245 e. The van der Waals surface area contributed by atoms with Crippen LogP contribution in [0.25, 0.3) is 0 Å². The standard InChI is InChI=1S/C15H22N6O/c1-12-16-7-10-20(12)11-15(22)18-14-3-6-17-21(14)13-4-8-19(2)9-5-13/h3,6-7,10,13H,4-5,8-9,11H2,1-2H3,(H,18,22). The lowest BCUT2D eigenvalue weighted by molar-refractivity contribution is -0.116. The molecule has 1 aliphatic heterocycles. The number of piperidine rings is 1. The Bertz CT molecular complexity index is 638. The van der Waals surface area contributed by atoms with Crippen LogP contribution < -0.4 is 5.32 Å². The van der Waals surface area contributed by atoms with E-state index in [2.05, 4.69) is 27.3 Å². The van der Waals surface area contributed by atoms with Crippen LogP contribution in [-0.2, 0) is 11.3 Å². The largest absolute Gasteiger partial charge is 0.326 e. The van der Waals surface area contributed by atoms with Crippen LogP contribution >= 0.6 is 0 Å². The number of aromatic nitrogens is 4. The van der Waals surface area contributed by atoms with Gasteiger partial charge in [0.25, 0.3) is 0 Å². The van der Waals surface area contributed by atoms with Crippen molar-refractivity contribution in [3.8, 4) is 0 Å². The lowest BCUT2D eigenvalue weighted by Gasteiger charge is -2.30. The third-order valence-corrected chi connectivity index (χ3v) is 4.21. The molecular weight excluding hydrogens is 280 g/mol. The van der Waals surface area contributed by atoms with Gasteiger partial charge < -0.3 is 14.8 Å². The number of hydrogen-bond acceptors (Lipinski definition) is 4. The van der Waals surface area contributed by atoms with Gasteiger partial charge in [-0.25, -0.2) is 9.67 Å². The minimum atomic E-state index is -0.0595. The first-order valence-electron chi connectivity index (χ1n) is 7.63. The van der Waals surface area contributed by atoms with E-state index in [1.165, 1.54) is 0 Å². The van der Waals surface area contributed by atoms with E-state index in [0.29, 0.717) is 6.04 Å². The molecule has 118 valence electrons. The quantitative estimate of drug-likeness (QED) is 0.924. The number of imidazole rings is 1. The van der Waals surface area contributed by atoms with Gasteiger partial charge in [0.05, 0.1) is 12.2 Å². The van der Waals surface area contributed by atoms with Crippen LogP contribution in [0.1, 0.15) is 24.7 Å². The Morgan fingerprint density at radius 2 is 2.14 bits per heavy atom. The number of anilines is 1. The molecular formula is C15H22N6O. The molecule has 0 aliphatic carbocycles. The third-order valence-electron chi connectivity index (χ3n) is 4.21. The number of rotatable bonds is 4. The zero-order valence-electron chi connectivity index (χ0n) is 13.1. The molecule has 0 radical (unpaired) electrons. The van der Waals surface area contributed by atoms with E-state index < -0.39 is 0 Å². The molecule has 7 heteroatoms. The predicted octanol–water partition coefficient (Wildman–Crippen LogP) is 1.29. The molecule has 1 aliphatic rings. The summed E-state index contributed by atoms with van der Waals surface area (Å²) in [4.78, 5) is 18.7. The van der Waals surface area contributed by atoms with Gasteiger partial charge in [0.15, 0.2) is 0 Å². The molecule has 7 nitrogen and oxygen atoms in total. The van der Waals surface area contributed by atoms with Crippen molar-refractivity contribution in [2.45, 2.75) is 32.4 Å². The molecule has 1 N–H and O–H groups in total. The van der Waals surface area contributed by atoms with Crippen molar-refractivity contribution in [2.75, 3.05) is 25.5 Å². The van der Waals surface area contributed by atoms with Crippen molar-refractivity contribution in [3.05, 3.63) is 30.5 Å². The van der Waals surface area contributed by atoms with Crippen LogP contribution in [0.2, 0.25) is 0 Å². The van der Waals surface area contributed by atoms with Gasteiger partial charge in [-0.3, -0.25) is 4.79 Å². The van der Waals surface area contributed by atoms with Crippen LogP contribution in [0, 0.1) is 6.92 Å². The Labute approximate surface area is 129 Å². The second-order valence-corrected chi connectivity index (χ2v) is 5.85. The van der Waals surface area contributed by atoms with Crippen molar-refractivity contribution in [2.24, 2.45) is 0 Å². The molecule has 0 aromatic carbocycles. The second-order valence-electron chi connectivity index (χ2n) is 5.85. The highest BCUT2D eigenvalue weighted by Crippen LogP contribution is 2.24. The summed E-state index contributed by atoms with van der Waals surface area (Å²) in [5, 5.41) is 7.36. The molecule has 2 aromatic rings. The Morgan fingerprint density at radius 3 is 2.82 bits per heavy atom. The van der Waals surface area contributed by atoms with E-state index in [0.717, 1.165) is 37.6 Å². The number of carbonyl (C=O) groups excluding carboxylic acids is 1. The topological polar surface area (TPSA) is 68.0 Å². The number of likely N-dealkylation sites (tertiary alicyclic amines) is 1. The summed E-state index contributed by atoms with van der Waals surface area (Å²) >= 11 is 0. The van der Waals surface area contributed by atoms with Gasteiger partial charge in [0, 0.05) is 18.5 Å². The van der Waals surface area contributed by atoms with E-state index in [1.54, 1.807) is 12.4 Å². The molecule has 22 heavy (non-hydrogen) atoms. The van der Waals surface area contributed by atoms with Crippen LogP contribution in [-0.4, -0.2) is 50.3 Å². The van der Waals surface area contributed by atoms with Gasteiger partial charge in [-0.15, -0.1) is 0 Å². The molecule has 3 heterocycles. The summed E-state index contributed by atoms with van der Waals surface area (Å²) in [6.45, 7) is 4.28. The maximum atomic E-state index is 12.2. The van der Waals surface area contributed by atoms with E-state index in [-0.39, 0.29) is 12.5 Å². The highest BCUT2D eigenvalue weighted by atomic mass is 16.2. The summed E-state index contributed by atoms with van der Waals surface area (Å²) in [5.74, 6) is 1.55. The van der Waals surface area contributed by atoms with E-state index >= 15 is 0 Å². The number of aryl methyl sites for hydroxylation is 1. The van der Waals surface area contributed by atoms with Gasteiger partial charge in [0.2, 0.25) is 5.91 Å². The van der Waals surface area contributed by atoms with Gasteiger partial charge in [-0.05, 0) is 39.9 Å². The summed E-state index contributed by atoms with van der Waals surface area (Å²) in [7, 11) is 2.13. The summed E-state index contributed by atoms with van der Waals surface area (Å²) in [6.07, 6.45) is 7.37.